The number of hydrogen-bond acceptors (Lipinski definition) is 5. The van der Waals surface area contributed by atoms with E-state index in [1.54, 1.807) is 24.6 Å². The lowest BCUT2D eigenvalue weighted by molar-refractivity contribution is -0.120. The second-order valence-electron chi connectivity index (χ2n) is 6.26. The number of methoxy groups -OCH3 is 1. The fraction of sp³-hybridized carbons (Fsp3) is 0.389. The Morgan fingerprint density at radius 2 is 2.19 bits per heavy atom. The van der Waals surface area contributed by atoms with E-state index in [0.29, 0.717) is 35.9 Å². The van der Waals surface area contributed by atoms with E-state index in [9.17, 15) is 13.2 Å². The predicted molar refractivity (Wildman–Crippen MR) is 102 cm³/mol. The van der Waals surface area contributed by atoms with Crippen LogP contribution in [-0.2, 0) is 26.2 Å². The number of amides is 1. The van der Waals surface area contributed by atoms with Crippen LogP contribution in [0.2, 0.25) is 0 Å². The van der Waals surface area contributed by atoms with Gasteiger partial charge in [0.15, 0.2) is 0 Å². The molecule has 1 N–H and O–H groups in total. The van der Waals surface area contributed by atoms with Crippen LogP contribution >= 0.6 is 11.3 Å². The van der Waals surface area contributed by atoms with Gasteiger partial charge >= 0.3 is 0 Å². The molecule has 26 heavy (non-hydrogen) atoms. The molecule has 1 aromatic carbocycles. The van der Waals surface area contributed by atoms with Crippen LogP contribution in [0.4, 0.5) is 5.69 Å². The fourth-order valence-electron chi connectivity index (χ4n) is 3.06. The topological polar surface area (TPSA) is 75.7 Å². The summed E-state index contributed by atoms with van der Waals surface area (Å²) in [5.74, 6) is -0.504. The molecule has 1 fully saturated rings. The molecule has 0 bridgehead atoms. The number of piperidine rings is 1. The van der Waals surface area contributed by atoms with Gasteiger partial charge in [-0.3, -0.25) is 4.79 Å². The normalized spacial score (nSPS) is 18.6. The SMILES string of the molecule is COCc1cccc(NC(=O)C2CCCN(S(=O)(=O)c3cccs3)C2)c1. The van der Waals surface area contributed by atoms with Crippen LogP contribution in [0.25, 0.3) is 0 Å². The molecule has 1 unspecified atom stereocenters. The number of nitrogens with one attached hydrogen (secondary N) is 1. The van der Waals surface area contributed by atoms with Gasteiger partial charge in [0.25, 0.3) is 10.0 Å². The molecule has 8 heteroatoms. The minimum absolute atomic E-state index is 0.148. The summed E-state index contributed by atoms with van der Waals surface area (Å²) in [5.41, 5.74) is 1.67. The van der Waals surface area contributed by atoms with Gasteiger partial charge in [0.05, 0.1) is 12.5 Å². The fourth-order valence-corrected chi connectivity index (χ4v) is 5.73. The highest BCUT2D eigenvalue weighted by Crippen LogP contribution is 2.27. The van der Waals surface area contributed by atoms with Gasteiger partial charge in [-0.1, -0.05) is 18.2 Å². The summed E-state index contributed by atoms with van der Waals surface area (Å²) in [7, 11) is -1.90. The summed E-state index contributed by atoms with van der Waals surface area (Å²) in [5, 5.41) is 4.65. The van der Waals surface area contributed by atoms with Crippen LogP contribution in [0.5, 0.6) is 0 Å². The second kappa shape index (κ2) is 8.30. The molecule has 0 spiro atoms. The van der Waals surface area contributed by atoms with Crippen molar-refractivity contribution in [1.82, 2.24) is 4.31 Å². The number of carbonyl (C=O) groups is 1. The van der Waals surface area contributed by atoms with Crippen LogP contribution in [0.3, 0.4) is 0 Å². The van der Waals surface area contributed by atoms with E-state index in [1.165, 1.54) is 15.6 Å². The summed E-state index contributed by atoms with van der Waals surface area (Å²) >= 11 is 1.20. The molecule has 2 aromatic rings. The number of carbonyl (C=O) groups excluding carboxylic acids is 1. The predicted octanol–water partition coefficient (Wildman–Crippen LogP) is 2.93. The summed E-state index contributed by atoms with van der Waals surface area (Å²) < 4.78 is 32.2. The minimum Gasteiger partial charge on any atom is -0.380 e. The van der Waals surface area contributed by atoms with E-state index >= 15 is 0 Å². The maximum atomic E-state index is 12.7. The quantitative estimate of drug-likeness (QED) is 0.817. The molecule has 1 aliphatic rings. The number of nitrogens with zero attached hydrogens (tertiary/aromatic N) is 1. The molecule has 0 radical (unpaired) electrons. The molecule has 1 saturated heterocycles. The van der Waals surface area contributed by atoms with Crippen molar-refractivity contribution in [3.05, 3.63) is 47.3 Å². The van der Waals surface area contributed by atoms with E-state index in [0.717, 1.165) is 5.56 Å². The molecule has 140 valence electrons. The van der Waals surface area contributed by atoms with Crippen LogP contribution in [0.15, 0.2) is 46.0 Å². The highest BCUT2D eigenvalue weighted by Gasteiger charge is 2.33. The maximum Gasteiger partial charge on any atom is 0.252 e. The highest BCUT2D eigenvalue weighted by atomic mass is 32.2. The Morgan fingerprint density at radius 3 is 2.92 bits per heavy atom. The average Bonchev–Trinajstić information content (AvgIpc) is 3.18. The van der Waals surface area contributed by atoms with E-state index < -0.39 is 10.0 Å². The Balaban J connectivity index is 1.67. The van der Waals surface area contributed by atoms with Crippen molar-refractivity contribution in [1.29, 1.82) is 0 Å². The zero-order chi connectivity index (χ0) is 18.6. The van der Waals surface area contributed by atoms with Crippen molar-refractivity contribution < 1.29 is 17.9 Å². The van der Waals surface area contributed by atoms with Crippen LogP contribution in [0, 0.1) is 5.92 Å². The lowest BCUT2D eigenvalue weighted by Gasteiger charge is -2.30. The van der Waals surface area contributed by atoms with E-state index in [-0.39, 0.29) is 18.4 Å². The molecule has 0 saturated carbocycles. The van der Waals surface area contributed by atoms with Gasteiger partial charge in [-0.05, 0) is 42.0 Å². The van der Waals surface area contributed by atoms with Crippen molar-refractivity contribution in [2.45, 2.75) is 23.7 Å². The van der Waals surface area contributed by atoms with Crippen molar-refractivity contribution in [3.8, 4) is 0 Å². The van der Waals surface area contributed by atoms with Crippen LogP contribution in [-0.4, -0.2) is 38.8 Å². The Hall–Kier alpha value is -1.74. The number of anilines is 1. The molecule has 1 aliphatic heterocycles. The summed E-state index contributed by atoms with van der Waals surface area (Å²) in [6.07, 6.45) is 1.35. The zero-order valence-corrected chi connectivity index (χ0v) is 16.2. The molecular weight excluding hydrogens is 372 g/mol. The Bertz CT molecular complexity index is 850. The summed E-state index contributed by atoms with van der Waals surface area (Å²) in [6.45, 7) is 1.14. The number of thiophene rings is 1. The first-order chi connectivity index (χ1) is 12.5. The number of rotatable bonds is 6. The smallest absolute Gasteiger partial charge is 0.252 e. The number of benzene rings is 1. The van der Waals surface area contributed by atoms with Crippen molar-refractivity contribution >= 4 is 33.0 Å². The highest BCUT2D eigenvalue weighted by molar-refractivity contribution is 7.91. The average molecular weight is 395 g/mol. The van der Waals surface area contributed by atoms with E-state index in [1.807, 2.05) is 24.3 Å². The Kier molecular flexibility index (Phi) is 6.08. The largest absolute Gasteiger partial charge is 0.380 e. The van der Waals surface area contributed by atoms with Gasteiger partial charge in [0, 0.05) is 25.9 Å². The third-order valence-corrected chi connectivity index (χ3v) is 7.59. The van der Waals surface area contributed by atoms with Gasteiger partial charge in [-0.2, -0.15) is 4.31 Å². The van der Waals surface area contributed by atoms with Crippen molar-refractivity contribution in [2.75, 3.05) is 25.5 Å². The van der Waals surface area contributed by atoms with Gasteiger partial charge in [0.2, 0.25) is 5.91 Å². The lowest BCUT2D eigenvalue weighted by Crippen LogP contribution is -2.43. The second-order valence-corrected chi connectivity index (χ2v) is 9.37. The number of ether oxygens (including phenoxy) is 1. The standard InChI is InChI=1S/C18H22N2O4S2/c1-24-13-14-5-2-7-16(11-14)19-18(21)15-6-3-9-20(12-15)26(22,23)17-8-4-10-25-17/h2,4-5,7-8,10-11,15H,3,6,9,12-13H2,1H3,(H,19,21). The molecule has 1 amide bonds. The van der Waals surface area contributed by atoms with E-state index in [2.05, 4.69) is 5.32 Å². The summed E-state index contributed by atoms with van der Waals surface area (Å²) in [6, 6.07) is 10.8. The van der Waals surface area contributed by atoms with Gasteiger partial charge in [-0.25, -0.2) is 8.42 Å². The van der Waals surface area contributed by atoms with Gasteiger partial charge in [-0.15, -0.1) is 11.3 Å². The maximum absolute atomic E-state index is 12.7. The van der Waals surface area contributed by atoms with Crippen LogP contribution < -0.4 is 5.32 Å². The first-order valence-electron chi connectivity index (χ1n) is 8.43. The zero-order valence-electron chi connectivity index (χ0n) is 14.6. The molecular formula is C18H22N2O4S2. The molecule has 3 rings (SSSR count). The molecule has 1 aromatic heterocycles. The number of hydrogen-bond donors (Lipinski definition) is 1. The van der Waals surface area contributed by atoms with Gasteiger partial charge in [0.1, 0.15) is 4.21 Å². The van der Waals surface area contributed by atoms with Gasteiger partial charge < -0.3 is 10.1 Å². The van der Waals surface area contributed by atoms with Crippen LogP contribution in [0.1, 0.15) is 18.4 Å². The van der Waals surface area contributed by atoms with Crippen molar-refractivity contribution in [2.24, 2.45) is 5.92 Å². The third kappa shape index (κ3) is 4.32. The number of sulfonamides is 1. The Labute approximate surface area is 157 Å². The monoisotopic (exact) mass is 394 g/mol. The van der Waals surface area contributed by atoms with Crippen molar-refractivity contribution in [3.63, 3.8) is 0 Å². The Morgan fingerprint density at radius 1 is 1.35 bits per heavy atom. The molecule has 1 atom stereocenters. The minimum atomic E-state index is -3.52. The lowest BCUT2D eigenvalue weighted by atomic mass is 9.98. The van der Waals surface area contributed by atoms with E-state index in [4.69, 9.17) is 4.74 Å². The third-order valence-electron chi connectivity index (χ3n) is 4.35. The molecule has 2 heterocycles. The first-order valence-corrected chi connectivity index (χ1v) is 10.7. The summed E-state index contributed by atoms with van der Waals surface area (Å²) in [4.78, 5) is 12.6. The molecule has 0 aliphatic carbocycles. The first kappa shape index (κ1) is 19.0. The molecule has 6 nitrogen and oxygen atoms in total.